The number of amides is 2. The van der Waals surface area contributed by atoms with E-state index in [0.29, 0.717) is 18.4 Å². The van der Waals surface area contributed by atoms with Crippen molar-refractivity contribution in [2.75, 3.05) is 26.4 Å². The van der Waals surface area contributed by atoms with Gasteiger partial charge in [0.15, 0.2) is 17.0 Å². The lowest BCUT2D eigenvalue weighted by molar-refractivity contribution is -0.140. The minimum atomic E-state index is -1.27. The Morgan fingerprint density at radius 1 is 1.28 bits per heavy atom. The van der Waals surface area contributed by atoms with Crippen molar-refractivity contribution in [3.05, 3.63) is 35.1 Å². The van der Waals surface area contributed by atoms with Crippen molar-refractivity contribution < 1.29 is 22.8 Å². The molecule has 0 aromatic heterocycles. The minimum absolute atomic E-state index is 0.0871. The van der Waals surface area contributed by atoms with Gasteiger partial charge in [0.05, 0.1) is 0 Å². The van der Waals surface area contributed by atoms with Crippen molar-refractivity contribution in [1.29, 1.82) is 0 Å². The van der Waals surface area contributed by atoms with Crippen LogP contribution in [0.25, 0.3) is 0 Å². The smallest absolute Gasteiger partial charge is 0.255 e. The van der Waals surface area contributed by atoms with E-state index in [1.807, 2.05) is 0 Å². The minimum Gasteiger partial charge on any atom is -0.346 e. The maximum absolute atomic E-state index is 13.7. The van der Waals surface area contributed by atoms with Crippen molar-refractivity contribution in [2.45, 2.75) is 24.3 Å². The molecular formula is C16H20F3N3O2S. The first kappa shape index (κ1) is 19.6. The summed E-state index contributed by atoms with van der Waals surface area (Å²) in [5.74, 6) is -3.20. The van der Waals surface area contributed by atoms with Crippen LogP contribution in [0.4, 0.5) is 13.2 Å². The summed E-state index contributed by atoms with van der Waals surface area (Å²) in [5.41, 5.74) is 5.79. The maximum atomic E-state index is 13.7. The second-order valence-electron chi connectivity index (χ2n) is 6.07. The molecule has 0 aliphatic carbocycles. The van der Waals surface area contributed by atoms with E-state index in [2.05, 4.69) is 0 Å². The number of carbonyl (C=O) groups excluding carboxylic acids is 2. The molecule has 0 spiro atoms. The Morgan fingerprint density at radius 2 is 1.92 bits per heavy atom. The first-order chi connectivity index (χ1) is 11.7. The van der Waals surface area contributed by atoms with E-state index >= 15 is 0 Å². The van der Waals surface area contributed by atoms with Gasteiger partial charge >= 0.3 is 0 Å². The van der Waals surface area contributed by atoms with Gasteiger partial charge < -0.3 is 15.5 Å². The highest BCUT2D eigenvalue weighted by molar-refractivity contribution is 8.00. The average Bonchev–Trinajstić information content (AvgIpc) is 3.01. The van der Waals surface area contributed by atoms with Crippen molar-refractivity contribution >= 4 is 23.6 Å². The Bertz CT molecular complexity index is 672. The fourth-order valence-electron chi connectivity index (χ4n) is 2.57. The van der Waals surface area contributed by atoms with Gasteiger partial charge in [-0.15, -0.1) is 11.8 Å². The number of rotatable bonds is 5. The van der Waals surface area contributed by atoms with Crippen LogP contribution in [-0.2, 0) is 16.0 Å². The first-order valence-electron chi connectivity index (χ1n) is 7.72. The van der Waals surface area contributed by atoms with Crippen LogP contribution in [0.2, 0.25) is 0 Å². The number of benzene rings is 1. The molecule has 138 valence electrons. The molecule has 1 heterocycles. The zero-order valence-corrected chi connectivity index (χ0v) is 14.8. The number of hydrogen-bond acceptors (Lipinski definition) is 4. The standard InChI is InChI=1S/C16H20F3N3O2S/c1-21(2)15(24)16-22(3-4-25-16)14(23)7-10(20)5-9-6-12(18)13(19)8-11(9)17/h6,8,10,16H,3-5,7,20H2,1-2H3/t10-,16?/m1/s1. The van der Waals surface area contributed by atoms with Gasteiger partial charge in [-0.25, -0.2) is 13.2 Å². The van der Waals surface area contributed by atoms with Crippen LogP contribution in [0.15, 0.2) is 12.1 Å². The predicted molar refractivity (Wildman–Crippen MR) is 89.3 cm³/mol. The Kier molecular flexibility index (Phi) is 6.34. The lowest BCUT2D eigenvalue weighted by Crippen LogP contribution is -2.46. The average molecular weight is 375 g/mol. The summed E-state index contributed by atoms with van der Waals surface area (Å²) in [6.07, 6.45) is -0.224. The largest absolute Gasteiger partial charge is 0.346 e. The molecule has 9 heteroatoms. The summed E-state index contributed by atoms with van der Waals surface area (Å²) in [6.45, 7) is 0.431. The van der Waals surface area contributed by atoms with Gasteiger partial charge in [0.25, 0.3) is 5.91 Å². The zero-order valence-electron chi connectivity index (χ0n) is 14.0. The van der Waals surface area contributed by atoms with Crippen molar-refractivity contribution in [3.8, 4) is 0 Å². The molecule has 1 aromatic rings. The molecule has 1 saturated heterocycles. The highest BCUT2D eigenvalue weighted by atomic mass is 32.2. The van der Waals surface area contributed by atoms with E-state index < -0.39 is 28.9 Å². The van der Waals surface area contributed by atoms with E-state index in [0.717, 1.165) is 6.07 Å². The Hall–Kier alpha value is -1.74. The van der Waals surface area contributed by atoms with E-state index in [1.165, 1.54) is 21.6 Å². The van der Waals surface area contributed by atoms with Crippen LogP contribution >= 0.6 is 11.8 Å². The van der Waals surface area contributed by atoms with Crippen LogP contribution in [0.3, 0.4) is 0 Å². The normalized spacial score (nSPS) is 18.3. The third kappa shape index (κ3) is 4.66. The summed E-state index contributed by atoms with van der Waals surface area (Å²) in [7, 11) is 3.23. The third-order valence-corrected chi connectivity index (χ3v) is 5.06. The van der Waals surface area contributed by atoms with Crippen LogP contribution in [-0.4, -0.2) is 59.4 Å². The highest BCUT2D eigenvalue weighted by Gasteiger charge is 2.36. The van der Waals surface area contributed by atoms with Crippen LogP contribution in [0.1, 0.15) is 12.0 Å². The van der Waals surface area contributed by atoms with E-state index in [1.54, 1.807) is 14.1 Å². The van der Waals surface area contributed by atoms with Gasteiger partial charge in [-0.3, -0.25) is 9.59 Å². The van der Waals surface area contributed by atoms with Gasteiger partial charge in [-0.05, 0) is 18.1 Å². The third-order valence-electron chi connectivity index (χ3n) is 3.87. The number of nitrogens with zero attached hydrogens (tertiary/aromatic N) is 2. The number of nitrogens with two attached hydrogens (primary N) is 1. The van der Waals surface area contributed by atoms with E-state index in [4.69, 9.17) is 5.73 Å². The summed E-state index contributed by atoms with van der Waals surface area (Å²) in [5, 5.41) is -0.588. The van der Waals surface area contributed by atoms with Gasteiger partial charge in [0.1, 0.15) is 5.82 Å². The summed E-state index contributed by atoms with van der Waals surface area (Å²) < 4.78 is 39.9. The van der Waals surface area contributed by atoms with Crippen molar-refractivity contribution in [1.82, 2.24) is 9.80 Å². The van der Waals surface area contributed by atoms with Gasteiger partial charge in [0, 0.05) is 44.9 Å². The molecule has 1 fully saturated rings. The molecule has 1 unspecified atom stereocenters. The Morgan fingerprint density at radius 3 is 2.56 bits per heavy atom. The maximum Gasteiger partial charge on any atom is 0.255 e. The number of carbonyl (C=O) groups is 2. The summed E-state index contributed by atoms with van der Waals surface area (Å²) in [4.78, 5) is 27.4. The summed E-state index contributed by atoms with van der Waals surface area (Å²) >= 11 is 1.37. The SMILES string of the molecule is CN(C)C(=O)C1SCCN1C(=O)C[C@H](N)Cc1cc(F)c(F)cc1F. The number of halogens is 3. The molecular weight excluding hydrogens is 355 g/mol. The molecule has 1 aromatic carbocycles. The molecule has 2 N–H and O–H groups in total. The highest BCUT2D eigenvalue weighted by Crippen LogP contribution is 2.26. The molecule has 1 aliphatic heterocycles. The quantitative estimate of drug-likeness (QED) is 0.789. The Balaban J connectivity index is 2.00. The van der Waals surface area contributed by atoms with Crippen molar-refractivity contribution in [3.63, 3.8) is 0 Å². The zero-order chi connectivity index (χ0) is 18.7. The first-order valence-corrected chi connectivity index (χ1v) is 8.76. The second-order valence-corrected chi connectivity index (χ2v) is 7.26. The van der Waals surface area contributed by atoms with Crippen molar-refractivity contribution in [2.24, 2.45) is 5.73 Å². The molecule has 5 nitrogen and oxygen atoms in total. The molecule has 2 rings (SSSR count). The van der Waals surface area contributed by atoms with Crippen LogP contribution in [0.5, 0.6) is 0 Å². The lowest BCUT2D eigenvalue weighted by atomic mass is 10.0. The summed E-state index contributed by atoms with van der Waals surface area (Å²) in [6, 6.07) is 0.439. The molecule has 2 amide bonds. The van der Waals surface area contributed by atoms with Gasteiger partial charge in [-0.2, -0.15) is 0 Å². The molecule has 1 aliphatic rings. The molecule has 2 atom stereocenters. The lowest BCUT2D eigenvalue weighted by Gasteiger charge is -2.26. The topological polar surface area (TPSA) is 66.6 Å². The predicted octanol–water partition coefficient (Wildman–Crippen LogP) is 1.35. The fourth-order valence-corrected chi connectivity index (χ4v) is 3.85. The number of thioether (sulfide) groups is 1. The number of likely N-dealkylation sites (N-methyl/N-ethyl adjacent to an activating group) is 1. The molecule has 0 bridgehead atoms. The molecule has 0 saturated carbocycles. The van der Waals surface area contributed by atoms with Gasteiger partial charge in [0.2, 0.25) is 5.91 Å². The number of hydrogen-bond donors (Lipinski definition) is 1. The molecule has 25 heavy (non-hydrogen) atoms. The monoisotopic (exact) mass is 375 g/mol. The van der Waals surface area contributed by atoms with E-state index in [-0.39, 0.29) is 30.2 Å². The van der Waals surface area contributed by atoms with Gasteiger partial charge in [-0.1, -0.05) is 0 Å². The molecule has 0 radical (unpaired) electrons. The van der Waals surface area contributed by atoms with Crippen LogP contribution in [0, 0.1) is 17.5 Å². The van der Waals surface area contributed by atoms with E-state index in [9.17, 15) is 22.8 Å². The Labute approximate surface area is 148 Å². The fraction of sp³-hybridized carbons (Fsp3) is 0.500. The second kappa shape index (κ2) is 8.09. The van der Waals surface area contributed by atoms with Crippen LogP contribution < -0.4 is 5.73 Å².